The third kappa shape index (κ3) is 3.85. The van der Waals surface area contributed by atoms with Gasteiger partial charge in [-0.15, -0.1) is 0 Å². The minimum absolute atomic E-state index is 0.00451. The molecule has 0 spiro atoms. The van der Waals surface area contributed by atoms with Gasteiger partial charge in [-0.2, -0.15) is 0 Å². The lowest BCUT2D eigenvalue weighted by atomic mass is 10.0. The van der Waals surface area contributed by atoms with E-state index in [9.17, 15) is 4.79 Å². The molecule has 1 aromatic rings. The van der Waals surface area contributed by atoms with E-state index < -0.39 is 0 Å². The number of benzene rings is 1. The van der Waals surface area contributed by atoms with Crippen molar-refractivity contribution in [1.82, 2.24) is 4.90 Å². The van der Waals surface area contributed by atoms with Gasteiger partial charge in [-0.25, -0.2) is 0 Å². The van der Waals surface area contributed by atoms with Gasteiger partial charge >= 0.3 is 0 Å². The molecule has 1 aliphatic rings. The predicted molar refractivity (Wildman–Crippen MR) is 75.4 cm³/mol. The molecule has 0 radical (unpaired) electrons. The maximum Gasteiger partial charge on any atom is 0.260 e. The molecule has 0 bridgehead atoms. The number of piperidine rings is 1. The Hall–Kier alpha value is -1.26. The van der Waals surface area contributed by atoms with Gasteiger partial charge in [0.2, 0.25) is 0 Å². The van der Waals surface area contributed by atoms with Crippen LogP contribution in [0, 0.1) is 0 Å². The van der Waals surface area contributed by atoms with Crippen LogP contribution in [0.2, 0.25) is 5.02 Å². The van der Waals surface area contributed by atoms with Crippen molar-refractivity contribution in [2.75, 3.05) is 19.7 Å². The van der Waals surface area contributed by atoms with E-state index in [1.807, 2.05) is 4.90 Å². The molecular weight excluding hydrogens is 264 g/mol. The standard InChI is InChI=1S/C14H19ClN2O2/c15-11-4-3-6-13(8-11)19-10-14(18)17-7-2-1-5-12(17)9-16/h3-4,6,8,12H,1-2,5,7,9-10,16H2. The van der Waals surface area contributed by atoms with Crippen molar-refractivity contribution in [1.29, 1.82) is 0 Å². The molecule has 5 heteroatoms. The van der Waals surface area contributed by atoms with Crippen LogP contribution >= 0.6 is 11.6 Å². The summed E-state index contributed by atoms with van der Waals surface area (Å²) in [6.45, 7) is 1.33. The van der Waals surface area contributed by atoms with E-state index >= 15 is 0 Å². The molecule has 1 aliphatic heterocycles. The summed E-state index contributed by atoms with van der Waals surface area (Å²) in [4.78, 5) is 14.0. The summed E-state index contributed by atoms with van der Waals surface area (Å²) >= 11 is 5.86. The Labute approximate surface area is 118 Å². The average molecular weight is 283 g/mol. The van der Waals surface area contributed by atoms with Gasteiger partial charge in [0.15, 0.2) is 6.61 Å². The topological polar surface area (TPSA) is 55.6 Å². The second-order valence-corrected chi connectivity index (χ2v) is 5.15. The Morgan fingerprint density at radius 3 is 3.05 bits per heavy atom. The first-order valence-corrected chi connectivity index (χ1v) is 6.96. The molecule has 0 aliphatic carbocycles. The van der Waals surface area contributed by atoms with Crippen LogP contribution in [0.15, 0.2) is 24.3 Å². The normalized spacial score (nSPS) is 19.3. The van der Waals surface area contributed by atoms with Gasteiger partial charge in [0.25, 0.3) is 5.91 Å². The van der Waals surface area contributed by atoms with Crippen LogP contribution in [-0.4, -0.2) is 36.5 Å². The molecule has 19 heavy (non-hydrogen) atoms. The zero-order valence-corrected chi connectivity index (χ0v) is 11.6. The van der Waals surface area contributed by atoms with Crippen molar-refractivity contribution in [3.05, 3.63) is 29.3 Å². The van der Waals surface area contributed by atoms with Gasteiger partial charge in [-0.1, -0.05) is 17.7 Å². The lowest BCUT2D eigenvalue weighted by molar-refractivity contribution is -0.136. The summed E-state index contributed by atoms with van der Waals surface area (Å²) in [5.41, 5.74) is 5.71. The van der Waals surface area contributed by atoms with Crippen molar-refractivity contribution < 1.29 is 9.53 Å². The molecule has 1 heterocycles. The third-order valence-electron chi connectivity index (χ3n) is 3.38. The smallest absolute Gasteiger partial charge is 0.260 e. The summed E-state index contributed by atoms with van der Waals surface area (Å²) < 4.78 is 5.48. The van der Waals surface area contributed by atoms with E-state index in [1.165, 1.54) is 0 Å². The van der Waals surface area contributed by atoms with Crippen molar-refractivity contribution in [3.8, 4) is 5.75 Å². The molecule has 1 aromatic carbocycles. The van der Waals surface area contributed by atoms with Crippen LogP contribution in [0.1, 0.15) is 19.3 Å². The van der Waals surface area contributed by atoms with E-state index in [0.717, 1.165) is 25.8 Å². The molecule has 1 amide bonds. The van der Waals surface area contributed by atoms with Gasteiger partial charge in [0.05, 0.1) is 0 Å². The van der Waals surface area contributed by atoms with Gasteiger partial charge < -0.3 is 15.4 Å². The number of nitrogens with two attached hydrogens (primary N) is 1. The molecule has 4 nitrogen and oxygen atoms in total. The number of carbonyl (C=O) groups excluding carboxylic acids is 1. The zero-order chi connectivity index (χ0) is 13.7. The first kappa shape index (κ1) is 14.2. The quantitative estimate of drug-likeness (QED) is 0.920. The Kier molecular flexibility index (Phi) is 5.05. The van der Waals surface area contributed by atoms with Gasteiger partial charge in [-0.05, 0) is 37.5 Å². The number of carbonyl (C=O) groups is 1. The second kappa shape index (κ2) is 6.78. The summed E-state index contributed by atoms with van der Waals surface area (Å²) in [6.07, 6.45) is 3.17. The first-order chi connectivity index (χ1) is 9.20. The number of likely N-dealkylation sites (tertiary alicyclic amines) is 1. The molecule has 1 atom stereocenters. The molecule has 1 fully saturated rings. The van der Waals surface area contributed by atoms with Crippen molar-refractivity contribution in [2.45, 2.75) is 25.3 Å². The van der Waals surface area contributed by atoms with Crippen LogP contribution in [0.4, 0.5) is 0 Å². The molecule has 104 valence electrons. The fourth-order valence-electron chi connectivity index (χ4n) is 2.36. The van der Waals surface area contributed by atoms with Crippen molar-refractivity contribution in [3.63, 3.8) is 0 Å². The summed E-state index contributed by atoms with van der Waals surface area (Å²) in [5, 5.41) is 0.600. The Bertz CT molecular complexity index is 439. The van der Waals surface area contributed by atoms with Gasteiger partial charge in [0, 0.05) is 24.2 Å². The Morgan fingerprint density at radius 1 is 1.47 bits per heavy atom. The molecule has 1 unspecified atom stereocenters. The molecular formula is C14H19ClN2O2. The molecule has 0 saturated carbocycles. The lowest BCUT2D eigenvalue weighted by Gasteiger charge is -2.34. The SMILES string of the molecule is NCC1CCCCN1C(=O)COc1cccc(Cl)c1. The fourth-order valence-corrected chi connectivity index (χ4v) is 2.54. The predicted octanol–water partition coefficient (Wildman–Crippen LogP) is 2.06. The van der Waals surface area contributed by atoms with Crippen LogP contribution in [0.25, 0.3) is 0 Å². The number of halogens is 1. The Morgan fingerprint density at radius 2 is 2.32 bits per heavy atom. The summed E-state index contributed by atoms with van der Waals surface area (Å²) in [7, 11) is 0. The number of amides is 1. The highest BCUT2D eigenvalue weighted by Gasteiger charge is 2.25. The lowest BCUT2D eigenvalue weighted by Crippen LogP contribution is -2.49. The van der Waals surface area contributed by atoms with Crippen LogP contribution in [-0.2, 0) is 4.79 Å². The third-order valence-corrected chi connectivity index (χ3v) is 3.61. The number of hydrogen-bond acceptors (Lipinski definition) is 3. The van der Waals surface area contributed by atoms with Gasteiger partial charge in [-0.3, -0.25) is 4.79 Å². The van der Waals surface area contributed by atoms with Crippen molar-refractivity contribution >= 4 is 17.5 Å². The zero-order valence-electron chi connectivity index (χ0n) is 10.8. The monoisotopic (exact) mass is 282 g/mol. The number of nitrogens with zero attached hydrogens (tertiary/aromatic N) is 1. The summed E-state index contributed by atoms with van der Waals surface area (Å²) in [5.74, 6) is 0.609. The molecule has 1 saturated heterocycles. The minimum atomic E-state index is -0.00451. The average Bonchev–Trinajstić information content (AvgIpc) is 2.45. The molecule has 2 N–H and O–H groups in total. The van der Waals surface area contributed by atoms with Crippen LogP contribution < -0.4 is 10.5 Å². The number of rotatable bonds is 4. The second-order valence-electron chi connectivity index (χ2n) is 4.72. The fraction of sp³-hybridized carbons (Fsp3) is 0.500. The van der Waals surface area contributed by atoms with E-state index in [0.29, 0.717) is 17.3 Å². The number of hydrogen-bond donors (Lipinski definition) is 1. The minimum Gasteiger partial charge on any atom is -0.484 e. The maximum atomic E-state index is 12.1. The van der Waals surface area contributed by atoms with Crippen molar-refractivity contribution in [2.24, 2.45) is 5.73 Å². The first-order valence-electron chi connectivity index (χ1n) is 6.58. The maximum absolute atomic E-state index is 12.1. The number of ether oxygens (including phenoxy) is 1. The van der Waals surface area contributed by atoms with E-state index in [4.69, 9.17) is 22.1 Å². The largest absolute Gasteiger partial charge is 0.484 e. The van der Waals surface area contributed by atoms with Crippen LogP contribution in [0.3, 0.4) is 0 Å². The van der Waals surface area contributed by atoms with Gasteiger partial charge in [0.1, 0.15) is 5.75 Å². The van der Waals surface area contributed by atoms with Crippen LogP contribution in [0.5, 0.6) is 5.75 Å². The summed E-state index contributed by atoms with van der Waals surface area (Å²) in [6, 6.07) is 7.21. The highest BCUT2D eigenvalue weighted by molar-refractivity contribution is 6.30. The van der Waals surface area contributed by atoms with E-state index in [2.05, 4.69) is 0 Å². The van der Waals surface area contributed by atoms with E-state index in [1.54, 1.807) is 24.3 Å². The highest BCUT2D eigenvalue weighted by atomic mass is 35.5. The Balaban J connectivity index is 1.89. The molecule has 2 rings (SSSR count). The molecule has 0 aromatic heterocycles. The van der Waals surface area contributed by atoms with E-state index in [-0.39, 0.29) is 18.6 Å². The highest BCUT2D eigenvalue weighted by Crippen LogP contribution is 2.19.